The second-order valence-corrected chi connectivity index (χ2v) is 4.63. The Morgan fingerprint density at radius 1 is 1.32 bits per heavy atom. The van der Waals surface area contributed by atoms with E-state index in [9.17, 15) is 18.0 Å². The first-order chi connectivity index (χ1) is 8.70. The molecule has 0 aromatic heterocycles. The topological polar surface area (TPSA) is 32.3 Å². The second kappa shape index (κ2) is 6.14. The molecule has 106 valence electrons. The molecule has 1 amide bonds. The van der Waals surface area contributed by atoms with Gasteiger partial charge in [-0.1, -0.05) is 11.6 Å². The van der Waals surface area contributed by atoms with Crippen LogP contribution in [-0.4, -0.2) is 31.4 Å². The predicted octanol–water partition coefficient (Wildman–Crippen LogP) is 3.25. The molecule has 0 fully saturated rings. The SMILES string of the molecule is CN(C)C(=O)CCNc1cc(Cl)cc(C(F)(F)F)c1. The maximum absolute atomic E-state index is 12.6. The minimum atomic E-state index is -4.44. The number of benzene rings is 1. The van der Waals surface area contributed by atoms with E-state index in [1.807, 2.05) is 0 Å². The third-order valence-corrected chi connectivity index (χ3v) is 2.61. The molecule has 0 saturated heterocycles. The maximum atomic E-state index is 12.6. The highest BCUT2D eigenvalue weighted by molar-refractivity contribution is 6.30. The van der Waals surface area contributed by atoms with E-state index in [1.54, 1.807) is 14.1 Å². The highest BCUT2D eigenvalue weighted by atomic mass is 35.5. The van der Waals surface area contributed by atoms with Crippen LogP contribution in [0, 0.1) is 0 Å². The number of nitrogens with one attached hydrogen (secondary N) is 1. The first-order valence-corrected chi connectivity index (χ1v) is 5.90. The van der Waals surface area contributed by atoms with Crippen LogP contribution in [0.25, 0.3) is 0 Å². The Balaban J connectivity index is 2.69. The largest absolute Gasteiger partial charge is 0.416 e. The third-order valence-electron chi connectivity index (χ3n) is 2.39. The van der Waals surface area contributed by atoms with Crippen LogP contribution >= 0.6 is 11.6 Å². The summed E-state index contributed by atoms with van der Waals surface area (Å²) >= 11 is 5.63. The summed E-state index contributed by atoms with van der Waals surface area (Å²) in [6.07, 6.45) is -4.25. The molecule has 0 saturated carbocycles. The molecule has 0 aliphatic carbocycles. The summed E-state index contributed by atoms with van der Waals surface area (Å²) in [7, 11) is 3.23. The zero-order valence-electron chi connectivity index (χ0n) is 10.5. The lowest BCUT2D eigenvalue weighted by molar-refractivity contribution is -0.137. The van der Waals surface area contributed by atoms with Gasteiger partial charge in [0, 0.05) is 37.8 Å². The van der Waals surface area contributed by atoms with Crippen LogP contribution in [0.2, 0.25) is 5.02 Å². The Labute approximate surface area is 114 Å². The van der Waals surface area contributed by atoms with Crippen LogP contribution in [0.4, 0.5) is 18.9 Å². The molecule has 7 heteroatoms. The Bertz CT molecular complexity index is 461. The number of halogens is 4. The number of amides is 1. The molecule has 0 atom stereocenters. The Morgan fingerprint density at radius 2 is 1.95 bits per heavy atom. The number of carbonyl (C=O) groups excluding carboxylic acids is 1. The van der Waals surface area contributed by atoms with Crippen LogP contribution in [0.3, 0.4) is 0 Å². The van der Waals surface area contributed by atoms with Gasteiger partial charge in [-0.3, -0.25) is 4.79 Å². The monoisotopic (exact) mass is 294 g/mol. The molecule has 1 N–H and O–H groups in total. The van der Waals surface area contributed by atoms with Gasteiger partial charge in [0.05, 0.1) is 5.56 Å². The number of hydrogen-bond donors (Lipinski definition) is 1. The summed E-state index contributed by atoms with van der Waals surface area (Å²) in [5.41, 5.74) is -0.576. The van der Waals surface area contributed by atoms with Crippen LogP contribution in [0.1, 0.15) is 12.0 Å². The van der Waals surface area contributed by atoms with Crippen molar-refractivity contribution in [2.75, 3.05) is 26.0 Å². The molecular formula is C12H14ClF3N2O. The predicted molar refractivity (Wildman–Crippen MR) is 68.3 cm³/mol. The Morgan fingerprint density at radius 3 is 2.47 bits per heavy atom. The summed E-state index contributed by atoms with van der Waals surface area (Å²) in [5, 5.41) is 2.75. The van der Waals surface area contributed by atoms with Crippen molar-refractivity contribution in [2.45, 2.75) is 12.6 Å². The summed E-state index contributed by atoms with van der Waals surface area (Å²) < 4.78 is 37.7. The molecule has 1 rings (SSSR count). The standard InChI is InChI=1S/C12H14ClF3N2O/c1-18(2)11(19)3-4-17-10-6-8(12(14,15)16)5-9(13)7-10/h5-7,17H,3-4H2,1-2H3. The number of nitrogens with zero attached hydrogens (tertiary/aromatic N) is 1. The molecular weight excluding hydrogens is 281 g/mol. The van der Waals surface area contributed by atoms with E-state index in [4.69, 9.17) is 11.6 Å². The van der Waals surface area contributed by atoms with Crippen molar-refractivity contribution < 1.29 is 18.0 Å². The van der Waals surface area contributed by atoms with E-state index in [2.05, 4.69) is 5.32 Å². The van der Waals surface area contributed by atoms with Gasteiger partial charge in [-0.15, -0.1) is 0 Å². The number of carbonyl (C=O) groups is 1. The van der Waals surface area contributed by atoms with Gasteiger partial charge < -0.3 is 10.2 Å². The van der Waals surface area contributed by atoms with Gasteiger partial charge in [-0.05, 0) is 18.2 Å². The van der Waals surface area contributed by atoms with E-state index in [-0.39, 0.29) is 29.6 Å². The number of anilines is 1. The molecule has 19 heavy (non-hydrogen) atoms. The lowest BCUT2D eigenvalue weighted by Gasteiger charge is -2.13. The molecule has 0 bridgehead atoms. The van der Waals surface area contributed by atoms with Gasteiger partial charge in [0.1, 0.15) is 0 Å². The van der Waals surface area contributed by atoms with Crippen molar-refractivity contribution in [1.82, 2.24) is 4.90 Å². The summed E-state index contributed by atoms with van der Waals surface area (Å²) in [5.74, 6) is -0.106. The number of rotatable bonds is 4. The van der Waals surface area contributed by atoms with Crippen molar-refractivity contribution >= 4 is 23.2 Å². The highest BCUT2D eigenvalue weighted by Crippen LogP contribution is 2.33. The summed E-state index contributed by atoms with van der Waals surface area (Å²) in [4.78, 5) is 12.7. The summed E-state index contributed by atoms with van der Waals surface area (Å²) in [6, 6.07) is 3.21. The molecule has 0 aliphatic rings. The average molecular weight is 295 g/mol. The van der Waals surface area contributed by atoms with Crippen LogP contribution in [0.5, 0.6) is 0 Å². The maximum Gasteiger partial charge on any atom is 0.416 e. The van der Waals surface area contributed by atoms with Crippen molar-refractivity contribution in [1.29, 1.82) is 0 Å². The lowest BCUT2D eigenvalue weighted by Crippen LogP contribution is -2.23. The van der Waals surface area contributed by atoms with E-state index in [0.29, 0.717) is 0 Å². The molecule has 0 heterocycles. The molecule has 1 aromatic rings. The summed E-state index contributed by atoms with van der Waals surface area (Å²) in [6.45, 7) is 0.245. The van der Waals surface area contributed by atoms with Gasteiger partial charge in [0.15, 0.2) is 0 Å². The Kier molecular flexibility index (Phi) is 5.05. The molecule has 0 spiro atoms. The molecule has 0 aliphatic heterocycles. The van der Waals surface area contributed by atoms with Crippen LogP contribution < -0.4 is 5.32 Å². The molecule has 3 nitrogen and oxygen atoms in total. The van der Waals surface area contributed by atoms with Crippen molar-refractivity contribution in [3.63, 3.8) is 0 Å². The normalized spacial score (nSPS) is 11.3. The van der Waals surface area contributed by atoms with E-state index < -0.39 is 11.7 Å². The fourth-order valence-corrected chi connectivity index (χ4v) is 1.63. The van der Waals surface area contributed by atoms with Gasteiger partial charge >= 0.3 is 6.18 Å². The zero-order valence-corrected chi connectivity index (χ0v) is 11.3. The van der Waals surface area contributed by atoms with Crippen molar-refractivity contribution in [3.8, 4) is 0 Å². The van der Waals surface area contributed by atoms with Gasteiger partial charge in [-0.25, -0.2) is 0 Å². The van der Waals surface area contributed by atoms with Crippen LogP contribution in [0.15, 0.2) is 18.2 Å². The first kappa shape index (κ1) is 15.6. The fourth-order valence-electron chi connectivity index (χ4n) is 1.39. The molecule has 0 unspecified atom stereocenters. The second-order valence-electron chi connectivity index (χ2n) is 4.19. The van der Waals surface area contributed by atoms with Gasteiger partial charge in [0.2, 0.25) is 5.91 Å². The molecule has 1 aromatic carbocycles. The van der Waals surface area contributed by atoms with Gasteiger partial charge in [-0.2, -0.15) is 13.2 Å². The molecule has 0 radical (unpaired) electrons. The van der Waals surface area contributed by atoms with E-state index >= 15 is 0 Å². The van der Waals surface area contributed by atoms with Crippen LogP contribution in [-0.2, 0) is 11.0 Å². The quantitative estimate of drug-likeness (QED) is 0.924. The van der Waals surface area contributed by atoms with Crippen molar-refractivity contribution in [3.05, 3.63) is 28.8 Å². The fraction of sp³-hybridized carbons (Fsp3) is 0.417. The Hall–Kier alpha value is -1.43. The van der Waals surface area contributed by atoms with Gasteiger partial charge in [0.25, 0.3) is 0 Å². The minimum absolute atomic E-state index is 0.00346. The lowest BCUT2D eigenvalue weighted by atomic mass is 10.2. The van der Waals surface area contributed by atoms with E-state index in [1.165, 1.54) is 11.0 Å². The highest BCUT2D eigenvalue weighted by Gasteiger charge is 2.31. The average Bonchev–Trinajstić information content (AvgIpc) is 2.26. The smallest absolute Gasteiger partial charge is 0.384 e. The number of alkyl halides is 3. The van der Waals surface area contributed by atoms with Crippen molar-refractivity contribution in [2.24, 2.45) is 0 Å². The third kappa shape index (κ3) is 4.98. The minimum Gasteiger partial charge on any atom is -0.384 e. The zero-order chi connectivity index (χ0) is 14.6. The van der Waals surface area contributed by atoms with E-state index in [0.717, 1.165) is 12.1 Å². The number of hydrogen-bond acceptors (Lipinski definition) is 2. The first-order valence-electron chi connectivity index (χ1n) is 5.52.